The van der Waals surface area contributed by atoms with Gasteiger partial charge in [-0.1, -0.05) is 6.61 Å². The molecule has 0 heterocycles. The quantitative estimate of drug-likeness (QED) is 0.408. The highest BCUT2D eigenvalue weighted by atomic mass is 31.2. The highest BCUT2D eigenvalue weighted by Gasteiger charge is 2.13. The Morgan fingerprint density at radius 1 is 1.50 bits per heavy atom. The molecule has 0 saturated carbocycles. The SMILES string of the molecule is [O][P+]([O-])([O-])OCC(=O)C[O-]. The minimum Gasteiger partial charge on any atom is -0.849 e. The smallest absolute Gasteiger partial charge is 0.246 e. The number of hydrogen-bond acceptors (Lipinski definition) is 5. The van der Waals surface area contributed by atoms with Gasteiger partial charge in [0, 0.05) is 0 Å². The van der Waals surface area contributed by atoms with Gasteiger partial charge < -0.3 is 14.9 Å². The van der Waals surface area contributed by atoms with Crippen LogP contribution in [0.1, 0.15) is 0 Å². The fourth-order valence-electron chi connectivity index (χ4n) is 0.193. The molecule has 0 N–H and O–H groups in total. The zero-order valence-corrected chi connectivity index (χ0v) is 5.71. The van der Waals surface area contributed by atoms with Gasteiger partial charge in [-0.25, -0.2) is 4.52 Å². The summed E-state index contributed by atoms with van der Waals surface area (Å²) in [5, 5.41) is 9.62. The topological polar surface area (TPSA) is 115 Å². The normalized spacial score (nSPS) is 11.6. The van der Waals surface area contributed by atoms with E-state index in [0.29, 0.717) is 0 Å². The van der Waals surface area contributed by atoms with E-state index in [0.717, 1.165) is 0 Å². The highest BCUT2D eigenvalue weighted by molar-refractivity contribution is 7.50. The number of carbonyl (C=O) groups is 1. The molecule has 1 radical (unpaired) electrons. The molecule has 0 aliphatic heterocycles. The van der Waals surface area contributed by atoms with E-state index in [2.05, 4.69) is 4.52 Å². The van der Waals surface area contributed by atoms with Gasteiger partial charge >= 0.3 is 0 Å². The van der Waals surface area contributed by atoms with Crippen LogP contribution < -0.4 is 14.9 Å². The maximum Gasteiger partial charge on any atom is 0.246 e. The van der Waals surface area contributed by atoms with Gasteiger partial charge in [0.1, 0.15) is 5.78 Å². The first-order chi connectivity index (χ1) is 4.45. The molecule has 0 aromatic heterocycles. The predicted molar refractivity (Wildman–Crippen MR) is 23.4 cm³/mol. The zero-order chi connectivity index (χ0) is 8.20. The molecule has 0 saturated heterocycles. The van der Waals surface area contributed by atoms with Gasteiger partial charge in [-0.05, 0) is 4.89 Å². The van der Waals surface area contributed by atoms with Crippen molar-refractivity contribution in [2.24, 2.45) is 0 Å². The minimum absolute atomic E-state index is 0.951. The van der Waals surface area contributed by atoms with Crippen LogP contribution in [0.4, 0.5) is 0 Å². The van der Waals surface area contributed by atoms with E-state index in [1.807, 2.05) is 0 Å². The first-order valence-corrected chi connectivity index (χ1v) is 3.68. The van der Waals surface area contributed by atoms with Gasteiger partial charge in [0.25, 0.3) is 0 Å². The van der Waals surface area contributed by atoms with Gasteiger partial charge in [-0.3, -0.25) is 4.79 Å². The van der Waals surface area contributed by atoms with Gasteiger partial charge in [0.2, 0.25) is 8.17 Å². The summed E-state index contributed by atoms with van der Waals surface area (Å²) < 4.78 is 3.48. The number of carbonyl (C=O) groups excluding carboxylic acids is 1. The van der Waals surface area contributed by atoms with Gasteiger partial charge in [-0.15, -0.1) is 0 Å². The highest BCUT2D eigenvalue weighted by Crippen LogP contribution is 2.35. The summed E-state index contributed by atoms with van der Waals surface area (Å²) in [6, 6.07) is 0. The monoisotopic (exact) mass is 167 g/mol. The average molecular weight is 167 g/mol. The molecular formula is C3H4O6P-2. The lowest BCUT2D eigenvalue weighted by Gasteiger charge is -2.20. The summed E-state index contributed by atoms with van der Waals surface area (Å²) in [6.07, 6.45) is 0. The van der Waals surface area contributed by atoms with Crippen LogP contribution in [0.5, 0.6) is 0 Å². The van der Waals surface area contributed by atoms with Crippen molar-refractivity contribution in [3.05, 3.63) is 0 Å². The maximum absolute atomic E-state index is 10.0. The van der Waals surface area contributed by atoms with Crippen LogP contribution in [-0.2, 0) is 14.2 Å². The lowest BCUT2D eigenvalue weighted by molar-refractivity contribution is -0.368. The van der Waals surface area contributed by atoms with Gasteiger partial charge in [0.15, 0.2) is 6.61 Å². The van der Waals surface area contributed by atoms with Crippen LogP contribution in [0.25, 0.3) is 0 Å². The first kappa shape index (κ1) is 9.90. The second-order valence-electron chi connectivity index (χ2n) is 1.40. The molecule has 7 heteroatoms. The van der Waals surface area contributed by atoms with Crippen molar-refractivity contribution >= 4 is 14.0 Å². The molecule has 6 nitrogen and oxygen atoms in total. The third-order valence-electron chi connectivity index (χ3n) is 0.545. The van der Waals surface area contributed by atoms with Crippen LogP contribution in [0.3, 0.4) is 0 Å². The van der Waals surface area contributed by atoms with Crippen LogP contribution in [-0.4, -0.2) is 19.0 Å². The summed E-state index contributed by atoms with van der Waals surface area (Å²) in [6.45, 7) is -2.03. The Bertz CT molecular complexity index is 117. The number of ketones is 1. The molecule has 0 spiro atoms. The summed E-state index contributed by atoms with van der Waals surface area (Å²) in [5.41, 5.74) is 0. The van der Waals surface area contributed by atoms with Crippen molar-refractivity contribution < 1.29 is 29.1 Å². The Morgan fingerprint density at radius 2 is 2.00 bits per heavy atom. The fraction of sp³-hybridized carbons (Fsp3) is 0.667. The molecule has 0 atom stereocenters. The summed E-state index contributed by atoms with van der Waals surface area (Å²) in [4.78, 5) is 39.0. The molecule has 0 unspecified atom stereocenters. The van der Waals surface area contributed by atoms with E-state index in [1.54, 1.807) is 0 Å². The molecule has 0 amide bonds. The molecule has 0 aliphatic rings. The van der Waals surface area contributed by atoms with Crippen molar-refractivity contribution in [1.82, 2.24) is 0 Å². The van der Waals surface area contributed by atoms with Crippen molar-refractivity contribution in [3.8, 4) is 0 Å². The summed E-state index contributed by atoms with van der Waals surface area (Å²) in [7, 11) is -5.09. The molecule has 0 rings (SSSR count). The van der Waals surface area contributed by atoms with Crippen LogP contribution >= 0.6 is 8.17 Å². The number of hydrogen-bond donors (Lipinski definition) is 0. The average Bonchev–Trinajstić information content (AvgIpc) is 1.81. The van der Waals surface area contributed by atoms with Crippen LogP contribution in [0, 0.1) is 0 Å². The van der Waals surface area contributed by atoms with E-state index in [-0.39, 0.29) is 0 Å². The Balaban J connectivity index is 3.46. The van der Waals surface area contributed by atoms with E-state index < -0.39 is 27.2 Å². The molecule has 0 bridgehead atoms. The molecular weight excluding hydrogens is 163 g/mol. The molecule has 0 aliphatic carbocycles. The molecule has 0 aromatic carbocycles. The molecule has 10 heavy (non-hydrogen) atoms. The zero-order valence-electron chi connectivity index (χ0n) is 4.81. The minimum atomic E-state index is -5.09. The van der Waals surface area contributed by atoms with E-state index >= 15 is 0 Å². The predicted octanol–water partition coefficient (Wildman–Crippen LogP) is -3.24. The van der Waals surface area contributed by atoms with Gasteiger partial charge in [0.05, 0.1) is 0 Å². The van der Waals surface area contributed by atoms with Gasteiger partial charge in [-0.2, -0.15) is 0 Å². The fourth-order valence-corrected chi connectivity index (χ4v) is 0.495. The first-order valence-electron chi connectivity index (χ1n) is 2.22. The third kappa shape index (κ3) is 6.03. The van der Waals surface area contributed by atoms with Crippen molar-refractivity contribution in [3.63, 3.8) is 0 Å². The third-order valence-corrected chi connectivity index (χ3v) is 0.990. The van der Waals surface area contributed by atoms with E-state index in [4.69, 9.17) is 0 Å². The lowest BCUT2D eigenvalue weighted by atomic mass is 10.5. The van der Waals surface area contributed by atoms with Crippen molar-refractivity contribution in [2.45, 2.75) is 0 Å². The number of Topliss-reactive ketones (excluding diaryl/α,β-unsaturated/α-hetero) is 1. The molecule has 59 valence electrons. The van der Waals surface area contributed by atoms with Crippen LogP contribution in [0.2, 0.25) is 0 Å². The van der Waals surface area contributed by atoms with Crippen molar-refractivity contribution in [1.29, 1.82) is 0 Å². The van der Waals surface area contributed by atoms with E-state index in [9.17, 15) is 24.6 Å². The Morgan fingerprint density at radius 3 is 2.30 bits per heavy atom. The Hall–Kier alpha value is -0.1000. The lowest BCUT2D eigenvalue weighted by Crippen LogP contribution is -2.28. The standard InChI is InChI=1S/C3H5O6P/c4-1-3(5)2-9-10(6,7)8/h1-2H2,(H,6,7)/q-1/p-1. The largest absolute Gasteiger partial charge is 0.849 e. The maximum atomic E-state index is 10.0. The van der Waals surface area contributed by atoms with Crippen molar-refractivity contribution in [2.75, 3.05) is 13.2 Å². The summed E-state index contributed by atoms with van der Waals surface area (Å²) >= 11 is 0. The second kappa shape index (κ2) is 3.92. The van der Waals surface area contributed by atoms with E-state index in [1.165, 1.54) is 0 Å². The number of rotatable bonds is 4. The molecule has 0 aromatic rings. The Labute approximate surface area is 57.4 Å². The second-order valence-corrected chi connectivity index (χ2v) is 2.56. The molecule has 0 fully saturated rings. The summed E-state index contributed by atoms with van der Waals surface area (Å²) in [5.74, 6) is -0.966. The Kier molecular flexibility index (Phi) is 3.88. The van der Waals surface area contributed by atoms with Crippen LogP contribution in [0.15, 0.2) is 0 Å².